The quantitative estimate of drug-likeness (QED) is 0.619. The third-order valence-corrected chi connectivity index (χ3v) is 4.38. The van der Waals surface area contributed by atoms with Crippen molar-refractivity contribution in [2.45, 2.75) is 0 Å². The van der Waals surface area contributed by atoms with E-state index in [0.29, 0.717) is 36.9 Å². The Morgan fingerprint density at radius 3 is 2.44 bits per heavy atom. The van der Waals surface area contributed by atoms with Crippen molar-refractivity contribution in [2.75, 3.05) is 31.1 Å². The summed E-state index contributed by atoms with van der Waals surface area (Å²) in [6.45, 7) is 1.55. The molecule has 0 aromatic heterocycles. The first-order chi connectivity index (χ1) is 12.0. The number of nitrogens with zero attached hydrogens (tertiary/aromatic N) is 3. The number of benzene rings is 2. The van der Waals surface area contributed by atoms with Crippen molar-refractivity contribution in [2.24, 2.45) is 0 Å². The van der Waals surface area contributed by atoms with Crippen LogP contribution < -0.4 is 4.90 Å². The maximum Gasteiger partial charge on any atom is 0.294 e. The van der Waals surface area contributed by atoms with Gasteiger partial charge in [0.05, 0.1) is 10.5 Å². The van der Waals surface area contributed by atoms with Gasteiger partial charge in [0.1, 0.15) is 11.5 Å². The molecule has 1 aliphatic heterocycles. The van der Waals surface area contributed by atoms with Crippen LogP contribution in [0.3, 0.4) is 0 Å². The molecule has 1 amide bonds. The summed E-state index contributed by atoms with van der Waals surface area (Å²) in [4.78, 5) is 26.6. The Labute approximate surface area is 148 Å². The number of carbonyl (C=O) groups excluding carboxylic acids is 1. The number of nitro benzene ring substituents is 1. The van der Waals surface area contributed by atoms with Crippen LogP contribution in [0, 0.1) is 15.9 Å². The molecule has 130 valence electrons. The molecule has 0 N–H and O–H groups in total. The van der Waals surface area contributed by atoms with Crippen molar-refractivity contribution in [3.8, 4) is 0 Å². The highest BCUT2D eigenvalue weighted by Gasteiger charge is 2.27. The Kier molecular flexibility index (Phi) is 4.85. The van der Waals surface area contributed by atoms with Crippen LogP contribution in [0.1, 0.15) is 10.4 Å². The second-order valence-corrected chi connectivity index (χ2v) is 6.09. The van der Waals surface area contributed by atoms with Gasteiger partial charge in [-0.1, -0.05) is 23.7 Å². The Bertz CT molecular complexity index is 823. The van der Waals surface area contributed by atoms with Gasteiger partial charge in [0.15, 0.2) is 0 Å². The number of halogens is 2. The van der Waals surface area contributed by atoms with Crippen LogP contribution in [-0.2, 0) is 0 Å². The van der Waals surface area contributed by atoms with Gasteiger partial charge < -0.3 is 9.80 Å². The van der Waals surface area contributed by atoms with Gasteiger partial charge in [-0.05, 0) is 24.3 Å². The van der Waals surface area contributed by atoms with Gasteiger partial charge in [0.25, 0.3) is 11.6 Å². The van der Waals surface area contributed by atoms with E-state index in [0.717, 1.165) is 0 Å². The minimum Gasteiger partial charge on any atom is -0.362 e. The molecule has 1 saturated heterocycles. The molecule has 0 saturated carbocycles. The molecule has 1 heterocycles. The standard InChI is InChI=1S/C17H15ClFN3O3/c18-12-5-6-15(16(11-12)22(24)25)20-7-9-21(10-8-20)17(23)13-3-1-2-4-14(13)19/h1-6,11H,7-10H2. The van der Waals surface area contributed by atoms with Crippen molar-refractivity contribution in [1.82, 2.24) is 4.90 Å². The van der Waals surface area contributed by atoms with Crippen molar-refractivity contribution >= 4 is 28.9 Å². The maximum atomic E-state index is 13.8. The lowest BCUT2D eigenvalue weighted by molar-refractivity contribution is -0.384. The first-order valence-corrected chi connectivity index (χ1v) is 8.08. The van der Waals surface area contributed by atoms with Crippen molar-refractivity contribution in [3.63, 3.8) is 0 Å². The Hall–Kier alpha value is -2.67. The Morgan fingerprint density at radius 1 is 1.12 bits per heavy atom. The number of amides is 1. The molecule has 0 radical (unpaired) electrons. The fourth-order valence-corrected chi connectivity index (χ4v) is 3.03. The highest BCUT2D eigenvalue weighted by molar-refractivity contribution is 6.30. The van der Waals surface area contributed by atoms with Crippen molar-refractivity contribution in [3.05, 3.63) is 69.0 Å². The topological polar surface area (TPSA) is 66.7 Å². The number of anilines is 1. The molecule has 8 heteroatoms. The summed E-state index contributed by atoms with van der Waals surface area (Å²) in [5.41, 5.74) is 0.433. The zero-order chi connectivity index (χ0) is 18.0. The van der Waals surface area contributed by atoms with E-state index in [9.17, 15) is 19.3 Å². The van der Waals surface area contributed by atoms with Gasteiger partial charge in [-0.3, -0.25) is 14.9 Å². The first-order valence-electron chi connectivity index (χ1n) is 7.70. The summed E-state index contributed by atoms with van der Waals surface area (Å²) >= 11 is 5.84. The lowest BCUT2D eigenvalue weighted by atomic mass is 10.1. The number of nitro groups is 1. The van der Waals surface area contributed by atoms with Gasteiger partial charge in [0, 0.05) is 37.3 Å². The molecule has 2 aromatic rings. The van der Waals surface area contributed by atoms with E-state index in [1.54, 1.807) is 23.1 Å². The van der Waals surface area contributed by atoms with Crippen LogP contribution in [0.25, 0.3) is 0 Å². The zero-order valence-electron chi connectivity index (χ0n) is 13.2. The van der Waals surface area contributed by atoms with Gasteiger partial charge in [0.2, 0.25) is 0 Å². The second-order valence-electron chi connectivity index (χ2n) is 5.65. The molecular weight excluding hydrogens is 349 g/mol. The molecule has 25 heavy (non-hydrogen) atoms. The molecule has 0 atom stereocenters. The molecule has 0 spiro atoms. The van der Waals surface area contributed by atoms with Crippen LogP contribution in [0.15, 0.2) is 42.5 Å². The van der Waals surface area contributed by atoms with E-state index in [2.05, 4.69) is 0 Å². The van der Waals surface area contributed by atoms with E-state index < -0.39 is 10.7 Å². The Morgan fingerprint density at radius 2 is 1.80 bits per heavy atom. The fourth-order valence-electron chi connectivity index (χ4n) is 2.87. The minimum atomic E-state index is -0.553. The van der Waals surface area contributed by atoms with Crippen LogP contribution >= 0.6 is 11.6 Å². The lowest BCUT2D eigenvalue weighted by Crippen LogP contribution is -2.49. The van der Waals surface area contributed by atoms with Crippen molar-refractivity contribution < 1.29 is 14.1 Å². The van der Waals surface area contributed by atoms with Gasteiger partial charge in [-0.2, -0.15) is 0 Å². The summed E-state index contributed by atoms with van der Waals surface area (Å²) in [5.74, 6) is -0.924. The molecule has 0 unspecified atom stereocenters. The summed E-state index contributed by atoms with van der Waals surface area (Å²) in [6, 6.07) is 10.4. The molecule has 0 aliphatic carbocycles. The first kappa shape index (κ1) is 17.2. The smallest absolute Gasteiger partial charge is 0.294 e. The average Bonchev–Trinajstić information content (AvgIpc) is 2.61. The van der Waals surface area contributed by atoms with E-state index in [4.69, 9.17) is 11.6 Å². The predicted molar refractivity (Wildman–Crippen MR) is 92.6 cm³/mol. The summed E-state index contributed by atoms with van der Waals surface area (Å²) in [7, 11) is 0. The minimum absolute atomic E-state index is 0.0356. The average molecular weight is 364 g/mol. The van der Waals surface area contributed by atoms with E-state index in [-0.39, 0.29) is 17.2 Å². The maximum absolute atomic E-state index is 13.8. The third-order valence-electron chi connectivity index (χ3n) is 4.15. The van der Waals surface area contributed by atoms with E-state index in [1.165, 1.54) is 24.3 Å². The molecule has 0 bridgehead atoms. The van der Waals surface area contributed by atoms with Crippen LogP contribution in [-0.4, -0.2) is 41.9 Å². The molecule has 3 rings (SSSR count). The van der Waals surface area contributed by atoms with Crippen LogP contribution in [0.4, 0.5) is 15.8 Å². The fraction of sp³-hybridized carbons (Fsp3) is 0.235. The number of hydrogen-bond donors (Lipinski definition) is 0. The molecule has 6 nitrogen and oxygen atoms in total. The Balaban J connectivity index is 1.74. The van der Waals surface area contributed by atoms with Gasteiger partial charge in [-0.15, -0.1) is 0 Å². The van der Waals surface area contributed by atoms with E-state index in [1.807, 2.05) is 4.90 Å². The summed E-state index contributed by atoms with van der Waals surface area (Å²) < 4.78 is 13.8. The summed E-state index contributed by atoms with van der Waals surface area (Å²) in [6.07, 6.45) is 0. The number of carbonyl (C=O) groups is 1. The lowest BCUT2D eigenvalue weighted by Gasteiger charge is -2.35. The van der Waals surface area contributed by atoms with Crippen molar-refractivity contribution in [1.29, 1.82) is 0 Å². The molecule has 2 aromatic carbocycles. The SMILES string of the molecule is O=C(c1ccccc1F)N1CCN(c2ccc(Cl)cc2[N+](=O)[O-])CC1. The summed E-state index contributed by atoms with van der Waals surface area (Å²) in [5, 5.41) is 11.5. The largest absolute Gasteiger partial charge is 0.362 e. The highest BCUT2D eigenvalue weighted by Crippen LogP contribution is 2.31. The van der Waals surface area contributed by atoms with Gasteiger partial charge >= 0.3 is 0 Å². The van der Waals surface area contributed by atoms with Crippen LogP contribution in [0.2, 0.25) is 5.02 Å². The predicted octanol–water partition coefficient (Wildman–Crippen LogP) is 3.35. The second kappa shape index (κ2) is 7.06. The molecule has 1 aliphatic rings. The number of hydrogen-bond acceptors (Lipinski definition) is 4. The molecule has 1 fully saturated rings. The third kappa shape index (κ3) is 3.56. The number of piperazine rings is 1. The normalized spacial score (nSPS) is 14.5. The van der Waals surface area contributed by atoms with E-state index >= 15 is 0 Å². The monoisotopic (exact) mass is 363 g/mol. The zero-order valence-corrected chi connectivity index (χ0v) is 13.9. The molecular formula is C17H15ClFN3O3. The number of rotatable bonds is 3. The highest BCUT2D eigenvalue weighted by atomic mass is 35.5. The van der Waals surface area contributed by atoms with Gasteiger partial charge in [-0.25, -0.2) is 4.39 Å². The van der Waals surface area contributed by atoms with Crippen LogP contribution in [0.5, 0.6) is 0 Å².